The van der Waals surface area contributed by atoms with Gasteiger partial charge < -0.3 is 5.11 Å². The zero-order valence-corrected chi connectivity index (χ0v) is 7.94. The van der Waals surface area contributed by atoms with Crippen LogP contribution in [-0.2, 0) is 4.79 Å². The lowest BCUT2D eigenvalue weighted by Gasteiger charge is -1.94. The van der Waals surface area contributed by atoms with Crippen LogP contribution in [0.5, 0.6) is 0 Å². The van der Waals surface area contributed by atoms with Crippen LogP contribution in [0.15, 0.2) is 23.5 Å². The first-order chi connectivity index (χ1) is 6.77. The third-order valence-corrected chi connectivity index (χ3v) is 2.74. The predicted octanol–water partition coefficient (Wildman–Crippen LogP) is 0.423. The van der Waals surface area contributed by atoms with Gasteiger partial charge in [0.1, 0.15) is 5.04 Å². The van der Waals surface area contributed by atoms with Gasteiger partial charge in [0.15, 0.2) is 11.9 Å². The summed E-state index contributed by atoms with van der Waals surface area (Å²) in [6.07, 6.45) is 3.22. The second kappa shape index (κ2) is 3.75. The molecule has 0 radical (unpaired) electrons. The molecule has 5 nitrogen and oxygen atoms in total. The van der Waals surface area contributed by atoms with Gasteiger partial charge in [0.2, 0.25) is 0 Å². The molecule has 0 saturated heterocycles. The van der Waals surface area contributed by atoms with Crippen molar-refractivity contribution in [3.63, 3.8) is 0 Å². The summed E-state index contributed by atoms with van der Waals surface area (Å²) in [6.45, 7) is 0. The van der Waals surface area contributed by atoms with E-state index in [0.717, 1.165) is 0 Å². The number of carbonyl (C=O) groups is 1. The number of aromatic nitrogens is 2. The second-order valence-corrected chi connectivity index (χ2v) is 3.68. The fourth-order valence-corrected chi connectivity index (χ4v) is 2.00. The second-order valence-electron chi connectivity index (χ2n) is 2.67. The first-order valence-corrected chi connectivity index (χ1v) is 4.97. The molecule has 1 aliphatic heterocycles. The topological polar surface area (TPSA) is 75.4 Å². The SMILES string of the molecule is O=C(O)[C@@H]1CSC(c2ncccn2)=N1. The molecule has 0 aromatic carbocycles. The molecule has 0 aliphatic carbocycles. The molecule has 0 spiro atoms. The lowest BCUT2D eigenvalue weighted by atomic mass is 10.4. The van der Waals surface area contributed by atoms with E-state index in [1.165, 1.54) is 11.8 Å². The Labute approximate surface area is 84.3 Å². The quantitative estimate of drug-likeness (QED) is 0.764. The molecule has 0 bridgehead atoms. The maximum atomic E-state index is 10.6. The predicted molar refractivity (Wildman–Crippen MR) is 52.5 cm³/mol. The minimum Gasteiger partial charge on any atom is -0.480 e. The van der Waals surface area contributed by atoms with Crippen LogP contribution in [0, 0.1) is 0 Å². The van der Waals surface area contributed by atoms with Crippen LogP contribution < -0.4 is 0 Å². The highest BCUT2D eigenvalue weighted by molar-refractivity contribution is 8.14. The van der Waals surface area contributed by atoms with Crippen LogP contribution in [0.1, 0.15) is 5.82 Å². The van der Waals surface area contributed by atoms with Gasteiger partial charge in [-0.15, -0.1) is 11.8 Å². The minimum absolute atomic E-state index is 0.461. The molecule has 1 aromatic heterocycles. The highest BCUT2D eigenvalue weighted by Gasteiger charge is 2.26. The summed E-state index contributed by atoms with van der Waals surface area (Å²) in [5, 5.41) is 9.33. The van der Waals surface area contributed by atoms with Crippen molar-refractivity contribution < 1.29 is 9.90 Å². The lowest BCUT2D eigenvalue weighted by molar-refractivity contribution is -0.137. The largest absolute Gasteiger partial charge is 0.480 e. The number of nitrogens with zero attached hydrogens (tertiary/aromatic N) is 3. The zero-order valence-electron chi connectivity index (χ0n) is 7.12. The molecule has 6 heteroatoms. The Kier molecular flexibility index (Phi) is 2.45. The van der Waals surface area contributed by atoms with Gasteiger partial charge in [-0.1, -0.05) is 0 Å². The van der Waals surface area contributed by atoms with E-state index in [4.69, 9.17) is 5.11 Å². The minimum atomic E-state index is -0.900. The summed E-state index contributed by atoms with van der Waals surface area (Å²) < 4.78 is 0. The Morgan fingerprint density at radius 3 is 2.79 bits per heavy atom. The van der Waals surface area contributed by atoms with E-state index < -0.39 is 12.0 Å². The van der Waals surface area contributed by atoms with Gasteiger partial charge in [0.05, 0.1) is 0 Å². The third-order valence-electron chi connectivity index (χ3n) is 1.69. The van der Waals surface area contributed by atoms with Gasteiger partial charge in [-0.3, -0.25) is 4.99 Å². The van der Waals surface area contributed by atoms with Crippen LogP contribution in [0.2, 0.25) is 0 Å². The summed E-state index contributed by atoms with van der Waals surface area (Å²) in [4.78, 5) is 22.6. The zero-order chi connectivity index (χ0) is 9.97. The number of thioether (sulfide) groups is 1. The highest BCUT2D eigenvalue weighted by atomic mass is 32.2. The van der Waals surface area contributed by atoms with Gasteiger partial charge in [-0.25, -0.2) is 14.8 Å². The van der Waals surface area contributed by atoms with Crippen LogP contribution >= 0.6 is 11.8 Å². The molecule has 72 valence electrons. The monoisotopic (exact) mass is 209 g/mol. The van der Waals surface area contributed by atoms with Crippen molar-refractivity contribution in [3.8, 4) is 0 Å². The molecular weight excluding hydrogens is 202 g/mol. The first kappa shape index (κ1) is 9.14. The molecular formula is C8H7N3O2S. The summed E-state index contributed by atoms with van der Waals surface area (Å²) in [5.74, 6) is 0.0628. The van der Waals surface area contributed by atoms with Gasteiger partial charge in [0, 0.05) is 18.1 Å². The van der Waals surface area contributed by atoms with E-state index in [9.17, 15) is 4.79 Å². The van der Waals surface area contributed by atoms with Gasteiger partial charge in [-0.05, 0) is 6.07 Å². The van der Waals surface area contributed by atoms with Gasteiger partial charge in [0.25, 0.3) is 0 Å². The smallest absolute Gasteiger partial charge is 0.329 e. The number of aliphatic carboxylic acids is 1. The molecule has 0 amide bonds. The number of carboxylic acid groups (broad SMARTS) is 1. The Morgan fingerprint density at radius 2 is 2.21 bits per heavy atom. The summed E-state index contributed by atoms with van der Waals surface area (Å²) in [7, 11) is 0. The van der Waals surface area contributed by atoms with Crippen molar-refractivity contribution in [1.82, 2.24) is 9.97 Å². The van der Waals surface area contributed by atoms with Crippen LogP contribution in [0.25, 0.3) is 0 Å². The Bertz CT molecular complexity index is 379. The van der Waals surface area contributed by atoms with E-state index in [-0.39, 0.29) is 0 Å². The lowest BCUT2D eigenvalue weighted by Crippen LogP contribution is -2.17. The van der Waals surface area contributed by atoms with Crippen molar-refractivity contribution in [2.24, 2.45) is 4.99 Å². The molecule has 14 heavy (non-hydrogen) atoms. The van der Waals surface area contributed by atoms with E-state index in [0.29, 0.717) is 16.6 Å². The number of aliphatic imine (C=N–C) groups is 1. The number of hydrogen-bond acceptors (Lipinski definition) is 5. The van der Waals surface area contributed by atoms with Crippen molar-refractivity contribution >= 4 is 22.8 Å². The first-order valence-electron chi connectivity index (χ1n) is 3.98. The van der Waals surface area contributed by atoms with Crippen molar-refractivity contribution in [1.29, 1.82) is 0 Å². The molecule has 2 rings (SSSR count). The van der Waals surface area contributed by atoms with Crippen LogP contribution in [0.4, 0.5) is 0 Å². The Morgan fingerprint density at radius 1 is 1.50 bits per heavy atom. The van der Waals surface area contributed by atoms with Crippen molar-refractivity contribution in [2.45, 2.75) is 6.04 Å². The maximum Gasteiger partial charge on any atom is 0.329 e. The maximum absolute atomic E-state index is 10.6. The number of rotatable bonds is 2. The van der Waals surface area contributed by atoms with E-state index in [1.54, 1.807) is 18.5 Å². The van der Waals surface area contributed by atoms with Crippen LogP contribution in [0.3, 0.4) is 0 Å². The molecule has 0 unspecified atom stereocenters. The average Bonchev–Trinajstić information content (AvgIpc) is 2.68. The molecule has 1 N–H and O–H groups in total. The summed E-state index contributed by atoms with van der Waals surface area (Å²) in [5.41, 5.74) is 0. The average molecular weight is 209 g/mol. The van der Waals surface area contributed by atoms with Crippen molar-refractivity contribution in [3.05, 3.63) is 24.3 Å². The van der Waals surface area contributed by atoms with E-state index in [1.807, 2.05) is 0 Å². The van der Waals surface area contributed by atoms with Gasteiger partial charge in [-0.2, -0.15) is 0 Å². The molecule has 1 aliphatic rings. The van der Waals surface area contributed by atoms with E-state index in [2.05, 4.69) is 15.0 Å². The third kappa shape index (κ3) is 1.74. The molecule has 0 saturated carbocycles. The van der Waals surface area contributed by atoms with Crippen molar-refractivity contribution in [2.75, 3.05) is 5.75 Å². The fraction of sp³-hybridized carbons (Fsp3) is 0.250. The standard InChI is InChI=1S/C8H7N3O2S/c12-8(13)5-4-14-7(11-5)6-9-2-1-3-10-6/h1-3,5H,4H2,(H,12,13)/t5-/m0/s1. The molecule has 1 aromatic rings. The summed E-state index contributed by atoms with van der Waals surface area (Å²) >= 11 is 1.38. The normalized spacial score (nSPS) is 20.6. The van der Waals surface area contributed by atoms with Gasteiger partial charge >= 0.3 is 5.97 Å². The fourth-order valence-electron chi connectivity index (χ4n) is 1.03. The highest BCUT2D eigenvalue weighted by Crippen LogP contribution is 2.21. The number of hydrogen-bond donors (Lipinski definition) is 1. The van der Waals surface area contributed by atoms with E-state index >= 15 is 0 Å². The van der Waals surface area contributed by atoms with Crippen LogP contribution in [-0.4, -0.2) is 37.9 Å². The Hall–Kier alpha value is -1.43. The molecule has 2 heterocycles. The Balaban J connectivity index is 2.22. The number of carboxylic acids is 1. The molecule has 1 atom stereocenters. The molecule has 0 fully saturated rings. The summed E-state index contributed by atoms with van der Waals surface area (Å²) in [6, 6.07) is 1.05.